The first-order valence-corrected chi connectivity index (χ1v) is 11.3. The molecule has 6 heteroatoms. The molecule has 1 aliphatic heterocycles. The first-order chi connectivity index (χ1) is 14.0. The molecule has 154 valence electrons. The van der Waals surface area contributed by atoms with Crippen molar-refractivity contribution in [2.45, 2.75) is 20.4 Å². The summed E-state index contributed by atoms with van der Waals surface area (Å²) in [5.41, 5.74) is 4.67. The normalized spacial score (nSPS) is 14.6. The van der Waals surface area contributed by atoms with Crippen molar-refractivity contribution in [3.8, 4) is 0 Å². The van der Waals surface area contributed by atoms with Crippen molar-refractivity contribution < 1.29 is 14.5 Å². The minimum absolute atomic E-state index is 0.0702. The summed E-state index contributed by atoms with van der Waals surface area (Å²) < 4.78 is 0. The van der Waals surface area contributed by atoms with Crippen molar-refractivity contribution in [1.29, 1.82) is 0 Å². The van der Waals surface area contributed by atoms with Crippen LogP contribution >= 0.6 is 11.8 Å². The van der Waals surface area contributed by atoms with Crippen molar-refractivity contribution in [2.24, 2.45) is 0 Å². The molecule has 1 fully saturated rings. The second-order valence-electron chi connectivity index (χ2n) is 7.64. The third kappa shape index (κ3) is 6.61. The Morgan fingerprint density at radius 1 is 1.00 bits per heavy atom. The van der Waals surface area contributed by atoms with Gasteiger partial charge in [0, 0.05) is 11.3 Å². The fourth-order valence-electron chi connectivity index (χ4n) is 3.48. The minimum Gasteiger partial charge on any atom is -0.331 e. The molecule has 0 atom stereocenters. The predicted molar refractivity (Wildman–Crippen MR) is 119 cm³/mol. The third-order valence-corrected chi connectivity index (χ3v) is 6.24. The standard InChI is InChI=1S/C23H29N3O2S/c1-18-7-9-21(10-8-18)24-22(27)16-29-17-23(28)26-13-11-25(12-14-26)15-20-6-4-3-5-19(20)2/h3-10H,11-17H2,1-2H3,(H,24,27)/p+1. The molecule has 2 aromatic carbocycles. The van der Waals surface area contributed by atoms with Crippen LogP contribution in [-0.2, 0) is 16.1 Å². The zero-order valence-corrected chi connectivity index (χ0v) is 18.1. The molecule has 0 aliphatic carbocycles. The molecule has 3 rings (SSSR count). The van der Waals surface area contributed by atoms with Crippen LogP contribution in [0.5, 0.6) is 0 Å². The lowest BCUT2D eigenvalue weighted by Gasteiger charge is -2.32. The van der Waals surface area contributed by atoms with Crippen LogP contribution in [0.25, 0.3) is 0 Å². The highest BCUT2D eigenvalue weighted by molar-refractivity contribution is 8.00. The van der Waals surface area contributed by atoms with Crippen molar-refractivity contribution in [2.75, 3.05) is 43.0 Å². The van der Waals surface area contributed by atoms with Crippen LogP contribution in [0.4, 0.5) is 5.69 Å². The Kier molecular flexibility index (Phi) is 7.72. The van der Waals surface area contributed by atoms with Gasteiger partial charge in [-0.1, -0.05) is 42.0 Å². The number of carbonyl (C=O) groups is 2. The number of anilines is 1. The van der Waals surface area contributed by atoms with E-state index in [4.69, 9.17) is 0 Å². The molecule has 1 heterocycles. The van der Waals surface area contributed by atoms with Gasteiger partial charge >= 0.3 is 0 Å². The number of piperazine rings is 1. The molecule has 2 aromatic rings. The molecule has 0 unspecified atom stereocenters. The zero-order chi connectivity index (χ0) is 20.6. The summed E-state index contributed by atoms with van der Waals surface area (Å²) in [6.45, 7) is 8.70. The molecule has 0 radical (unpaired) electrons. The number of rotatable bonds is 7. The summed E-state index contributed by atoms with van der Waals surface area (Å²) in [6.07, 6.45) is 0. The number of hydrogen-bond donors (Lipinski definition) is 2. The van der Waals surface area contributed by atoms with E-state index in [9.17, 15) is 9.59 Å². The molecule has 0 bridgehead atoms. The van der Waals surface area contributed by atoms with Gasteiger partial charge < -0.3 is 15.1 Å². The topological polar surface area (TPSA) is 53.9 Å². The minimum atomic E-state index is -0.0702. The van der Waals surface area contributed by atoms with Crippen LogP contribution < -0.4 is 10.2 Å². The largest absolute Gasteiger partial charge is 0.331 e. The summed E-state index contributed by atoms with van der Waals surface area (Å²) >= 11 is 1.38. The van der Waals surface area contributed by atoms with E-state index in [0.717, 1.165) is 44.0 Å². The second-order valence-corrected chi connectivity index (χ2v) is 8.63. The average Bonchev–Trinajstić information content (AvgIpc) is 2.72. The lowest BCUT2D eigenvalue weighted by atomic mass is 10.1. The Labute approximate surface area is 177 Å². The van der Waals surface area contributed by atoms with Gasteiger partial charge in [0.05, 0.1) is 37.7 Å². The van der Waals surface area contributed by atoms with E-state index in [1.807, 2.05) is 36.1 Å². The van der Waals surface area contributed by atoms with Gasteiger partial charge in [-0.05, 0) is 31.5 Å². The Hall–Kier alpha value is -2.31. The number of thioether (sulfide) groups is 1. The van der Waals surface area contributed by atoms with Gasteiger partial charge in [-0.3, -0.25) is 9.59 Å². The zero-order valence-electron chi connectivity index (χ0n) is 17.2. The number of nitrogens with zero attached hydrogens (tertiary/aromatic N) is 1. The van der Waals surface area contributed by atoms with Crippen LogP contribution in [0.2, 0.25) is 0 Å². The number of aryl methyl sites for hydroxylation is 2. The Morgan fingerprint density at radius 3 is 2.38 bits per heavy atom. The first kappa shape index (κ1) is 21.4. The molecule has 29 heavy (non-hydrogen) atoms. The van der Waals surface area contributed by atoms with Gasteiger partial charge in [-0.15, -0.1) is 11.8 Å². The fraction of sp³-hybridized carbons (Fsp3) is 0.391. The number of carbonyl (C=O) groups excluding carboxylic acids is 2. The summed E-state index contributed by atoms with van der Waals surface area (Å²) in [6, 6.07) is 16.2. The second kappa shape index (κ2) is 10.5. The lowest BCUT2D eigenvalue weighted by Crippen LogP contribution is -3.13. The van der Waals surface area contributed by atoms with E-state index in [1.165, 1.54) is 27.8 Å². The number of benzene rings is 2. The van der Waals surface area contributed by atoms with Crippen molar-refractivity contribution >= 4 is 29.3 Å². The molecule has 5 nitrogen and oxygen atoms in total. The lowest BCUT2D eigenvalue weighted by molar-refractivity contribution is -0.917. The van der Waals surface area contributed by atoms with Gasteiger partial charge in [0.25, 0.3) is 0 Å². The smallest absolute Gasteiger partial charge is 0.234 e. The quantitative estimate of drug-likeness (QED) is 0.730. The summed E-state index contributed by atoms with van der Waals surface area (Å²) in [7, 11) is 0. The van der Waals surface area contributed by atoms with Gasteiger partial charge in [0.2, 0.25) is 11.8 Å². The van der Waals surface area contributed by atoms with Crippen molar-refractivity contribution in [1.82, 2.24) is 4.90 Å². The van der Waals surface area contributed by atoms with E-state index >= 15 is 0 Å². The molecule has 2 N–H and O–H groups in total. The summed E-state index contributed by atoms with van der Waals surface area (Å²) in [5, 5.41) is 2.87. The first-order valence-electron chi connectivity index (χ1n) is 10.1. The number of amides is 2. The SMILES string of the molecule is Cc1ccc(NC(=O)CSCC(=O)N2CC[NH+](Cc3ccccc3C)CC2)cc1. The van der Waals surface area contributed by atoms with Gasteiger partial charge in [-0.2, -0.15) is 0 Å². The van der Waals surface area contributed by atoms with Gasteiger partial charge in [0.1, 0.15) is 6.54 Å². The van der Waals surface area contributed by atoms with E-state index in [0.29, 0.717) is 5.75 Å². The van der Waals surface area contributed by atoms with Gasteiger partial charge in [-0.25, -0.2) is 0 Å². The van der Waals surface area contributed by atoms with Crippen LogP contribution in [0, 0.1) is 13.8 Å². The van der Waals surface area contributed by atoms with E-state index in [-0.39, 0.29) is 17.6 Å². The molecular weight excluding hydrogens is 382 g/mol. The van der Waals surface area contributed by atoms with Crippen LogP contribution in [0.1, 0.15) is 16.7 Å². The predicted octanol–water partition coefficient (Wildman–Crippen LogP) is 1.90. The number of nitrogens with one attached hydrogen (secondary N) is 2. The maximum absolute atomic E-state index is 12.5. The average molecular weight is 413 g/mol. The van der Waals surface area contributed by atoms with Crippen molar-refractivity contribution in [3.63, 3.8) is 0 Å². The maximum atomic E-state index is 12.5. The number of hydrogen-bond acceptors (Lipinski definition) is 3. The van der Waals surface area contributed by atoms with E-state index in [2.05, 4.69) is 36.5 Å². The summed E-state index contributed by atoms with van der Waals surface area (Å²) in [4.78, 5) is 28.0. The van der Waals surface area contributed by atoms with E-state index < -0.39 is 0 Å². The molecule has 2 amide bonds. The monoisotopic (exact) mass is 412 g/mol. The fourth-order valence-corrected chi connectivity index (χ4v) is 4.20. The highest BCUT2D eigenvalue weighted by atomic mass is 32.2. The number of quaternary nitrogens is 1. The molecular formula is C23H30N3O2S+. The molecule has 0 aromatic heterocycles. The Bertz CT molecular complexity index is 830. The molecule has 0 saturated carbocycles. The highest BCUT2D eigenvalue weighted by Gasteiger charge is 2.24. The van der Waals surface area contributed by atoms with Crippen molar-refractivity contribution in [3.05, 3.63) is 65.2 Å². The van der Waals surface area contributed by atoms with E-state index in [1.54, 1.807) is 0 Å². The highest BCUT2D eigenvalue weighted by Crippen LogP contribution is 2.10. The van der Waals surface area contributed by atoms with Crippen LogP contribution in [0.15, 0.2) is 48.5 Å². The van der Waals surface area contributed by atoms with Gasteiger partial charge in [0.15, 0.2) is 0 Å². The Morgan fingerprint density at radius 2 is 1.69 bits per heavy atom. The molecule has 1 saturated heterocycles. The van der Waals surface area contributed by atoms with Crippen LogP contribution in [0.3, 0.4) is 0 Å². The summed E-state index contributed by atoms with van der Waals surface area (Å²) in [5.74, 6) is 0.708. The Balaban J connectivity index is 1.35. The maximum Gasteiger partial charge on any atom is 0.234 e. The molecule has 0 spiro atoms. The van der Waals surface area contributed by atoms with Crippen LogP contribution in [-0.4, -0.2) is 54.4 Å². The molecule has 1 aliphatic rings. The third-order valence-electron chi connectivity index (χ3n) is 5.32.